The number of rotatable bonds is 4. The molecule has 0 unspecified atom stereocenters. The van der Waals surface area contributed by atoms with Crippen LogP contribution in [0.4, 0.5) is 0 Å². The van der Waals surface area contributed by atoms with Crippen molar-refractivity contribution in [1.82, 2.24) is 0 Å². The van der Waals surface area contributed by atoms with E-state index < -0.39 is 0 Å². The SMILES string of the molecule is Cc1ccc(OCC2CC2)c(CCl)c1. The van der Waals surface area contributed by atoms with Crippen LogP contribution in [0, 0.1) is 12.8 Å². The molecule has 1 saturated carbocycles. The first-order valence-corrected chi connectivity index (χ1v) is 5.61. The molecule has 0 bridgehead atoms. The van der Waals surface area contributed by atoms with Gasteiger partial charge in [-0.2, -0.15) is 0 Å². The molecule has 1 aliphatic rings. The standard InChI is InChI=1S/C12H15ClO/c1-9-2-5-12(11(6-9)7-13)14-8-10-3-4-10/h2,5-6,10H,3-4,7-8H2,1H3. The fraction of sp³-hybridized carbons (Fsp3) is 0.500. The monoisotopic (exact) mass is 210 g/mol. The van der Waals surface area contributed by atoms with Crippen LogP contribution in [-0.2, 0) is 5.88 Å². The zero-order valence-electron chi connectivity index (χ0n) is 8.42. The van der Waals surface area contributed by atoms with E-state index in [1.54, 1.807) is 0 Å². The minimum Gasteiger partial charge on any atom is -0.493 e. The van der Waals surface area contributed by atoms with Crippen LogP contribution in [-0.4, -0.2) is 6.61 Å². The van der Waals surface area contributed by atoms with Gasteiger partial charge in [-0.15, -0.1) is 11.6 Å². The molecule has 1 aromatic rings. The lowest BCUT2D eigenvalue weighted by atomic mass is 10.1. The minimum atomic E-state index is 0.529. The minimum absolute atomic E-state index is 0.529. The van der Waals surface area contributed by atoms with Crippen molar-refractivity contribution in [3.8, 4) is 5.75 Å². The quantitative estimate of drug-likeness (QED) is 0.691. The van der Waals surface area contributed by atoms with E-state index in [4.69, 9.17) is 16.3 Å². The van der Waals surface area contributed by atoms with Gasteiger partial charge in [-0.3, -0.25) is 0 Å². The fourth-order valence-corrected chi connectivity index (χ4v) is 1.65. The van der Waals surface area contributed by atoms with E-state index in [-0.39, 0.29) is 0 Å². The molecule has 1 aromatic carbocycles. The summed E-state index contributed by atoms with van der Waals surface area (Å²) < 4.78 is 5.72. The maximum absolute atomic E-state index is 5.85. The first kappa shape index (κ1) is 9.85. The van der Waals surface area contributed by atoms with Crippen LogP contribution in [0.2, 0.25) is 0 Å². The lowest BCUT2D eigenvalue weighted by Gasteiger charge is -2.09. The van der Waals surface area contributed by atoms with Crippen molar-refractivity contribution >= 4 is 11.6 Å². The number of alkyl halides is 1. The molecule has 0 radical (unpaired) electrons. The highest BCUT2D eigenvalue weighted by Gasteiger charge is 2.22. The summed E-state index contributed by atoms with van der Waals surface area (Å²) in [5.74, 6) is 2.28. The van der Waals surface area contributed by atoms with E-state index in [1.165, 1.54) is 18.4 Å². The second-order valence-electron chi connectivity index (χ2n) is 4.00. The van der Waals surface area contributed by atoms with Gasteiger partial charge >= 0.3 is 0 Å². The van der Waals surface area contributed by atoms with Crippen molar-refractivity contribution in [2.75, 3.05) is 6.61 Å². The largest absolute Gasteiger partial charge is 0.493 e. The summed E-state index contributed by atoms with van der Waals surface area (Å²) >= 11 is 5.85. The van der Waals surface area contributed by atoms with E-state index in [0.717, 1.165) is 23.8 Å². The van der Waals surface area contributed by atoms with Crippen molar-refractivity contribution in [3.63, 3.8) is 0 Å². The predicted molar refractivity (Wildman–Crippen MR) is 59.0 cm³/mol. The first-order valence-electron chi connectivity index (χ1n) is 5.08. The summed E-state index contributed by atoms with van der Waals surface area (Å²) in [7, 11) is 0. The molecule has 0 heterocycles. The number of hydrogen-bond acceptors (Lipinski definition) is 1. The van der Waals surface area contributed by atoms with Gasteiger partial charge in [0.2, 0.25) is 0 Å². The van der Waals surface area contributed by atoms with E-state index in [1.807, 2.05) is 6.07 Å². The van der Waals surface area contributed by atoms with Crippen LogP contribution in [0.5, 0.6) is 5.75 Å². The van der Waals surface area contributed by atoms with Crippen LogP contribution < -0.4 is 4.74 Å². The maximum Gasteiger partial charge on any atom is 0.123 e. The zero-order valence-corrected chi connectivity index (χ0v) is 9.18. The van der Waals surface area contributed by atoms with Gasteiger partial charge in [0.1, 0.15) is 5.75 Å². The topological polar surface area (TPSA) is 9.23 Å². The van der Waals surface area contributed by atoms with E-state index in [2.05, 4.69) is 19.1 Å². The molecule has 0 N–H and O–H groups in total. The second kappa shape index (κ2) is 4.22. The Labute approximate surface area is 90.0 Å². The van der Waals surface area contributed by atoms with Crippen molar-refractivity contribution in [3.05, 3.63) is 29.3 Å². The smallest absolute Gasteiger partial charge is 0.123 e. The van der Waals surface area contributed by atoms with Gasteiger partial charge in [0.05, 0.1) is 12.5 Å². The summed E-state index contributed by atoms with van der Waals surface area (Å²) in [6, 6.07) is 6.18. The van der Waals surface area contributed by atoms with Crippen molar-refractivity contribution < 1.29 is 4.74 Å². The molecule has 1 fully saturated rings. The fourth-order valence-electron chi connectivity index (χ4n) is 1.45. The number of halogens is 1. The van der Waals surface area contributed by atoms with E-state index >= 15 is 0 Å². The Balaban J connectivity index is 2.05. The Kier molecular flexibility index (Phi) is 2.97. The van der Waals surface area contributed by atoms with Crippen LogP contribution >= 0.6 is 11.6 Å². The van der Waals surface area contributed by atoms with E-state index in [9.17, 15) is 0 Å². The zero-order chi connectivity index (χ0) is 9.97. The molecular formula is C12H15ClO. The summed E-state index contributed by atoms with van der Waals surface area (Å²) in [5, 5.41) is 0. The molecule has 0 aromatic heterocycles. The summed E-state index contributed by atoms with van der Waals surface area (Å²) in [5.41, 5.74) is 2.34. The van der Waals surface area contributed by atoms with Gasteiger partial charge in [0.15, 0.2) is 0 Å². The third-order valence-corrected chi connectivity index (χ3v) is 2.82. The number of ether oxygens (including phenoxy) is 1. The van der Waals surface area contributed by atoms with Gasteiger partial charge < -0.3 is 4.74 Å². The Morgan fingerprint density at radius 2 is 2.21 bits per heavy atom. The van der Waals surface area contributed by atoms with Crippen molar-refractivity contribution in [1.29, 1.82) is 0 Å². The molecule has 14 heavy (non-hydrogen) atoms. The van der Waals surface area contributed by atoms with Gasteiger partial charge in [-0.05, 0) is 31.7 Å². The highest BCUT2D eigenvalue weighted by Crippen LogP contribution is 2.30. The van der Waals surface area contributed by atoms with Gasteiger partial charge in [-0.25, -0.2) is 0 Å². The van der Waals surface area contributed by atoms with Crippen molar-refractivity contribution in [2.24, 2.45) is 5.92 Å². The molecule has 0 atom stereocenters. The van der Waals surface area contributed by atoms with Crippen LogP contribution in [0.3, 0.4) is 0 Å². The maximum atomic E-state index is 5.85. The molecule has 0 aliphatic heterocycles. The lowest BCUT2D eigenvalue weighted by Crippen LogP contribution is -2.01. The average Bonchev–Trinajstić information content (AvgIpc) is 2.99. The summed E-state index contributed by atoms with van der Waals surface area (Å²) in [6.07, 6.45) is 2.64. The predicted octanol–water partition coefficient (Wildman–Crippen LogP) is 3.52. The number of aryl methyl sites for hydroxylation is 1. The Hall–Kier alpha value is -0.690. The molecule has 1 nitrogen and oxygen atoms in total. The normalized spacial score (nSPS) is 15.6. The molecular weight excluding hydrogens is 196 g/mol. The molecule has 0 amide bonds. The van der Waals surface area contributed by atoms with E-state index in [0.29, 0.717) is 5.88 Å². The van der Waals surface area contributed by atoms with Crippen LogP contribution in [0.25, 0.3) is 0 Å². The molecule has 76 valence electrons. The molecule has 2 heteroatoms. The van der Waals surface area contributed by atoms with Gasteiger partial charge in [0, 0.05) is 5.56 Å². The molecule has 1 aliphatic carbocycles. The average molecular weight is 211 g/mol. The molecule has 0 spiro atoms. The van der Waals surface area contributed by atoms with Crippen LogP contribution in [0.1, 0.15) is 24.0 Å². The lowest BCUT2D eigenvalue weighted by molar-refractivity contribution is 0.297. The highest BCUT2D eigenvalue weighted by atomic mass is 35.5. The third kappa shape index (κ3) is 2.42. The highest BCUT2D eigenvalue weighted by molar-refractivity contribution is 6.17. The second-order valence-corrected chi connectivity index (χ2v) is 4.27. The Morgan fingerprint density at radius 3 is 2.86 bits per heavy atom. The first-order chi connectivity index (χ1) is 6.79. The molecule has 0 saturated heterocycles. The van der Waals surface area contributed by atoms with Gasteiger partial charge in [0.25, 0.3) is 0 Å². The Morgan fingerprint density at radius 1 is 1.43 bits per heavy atom. The van der Waals surface area contributed by atoms with Gasteiger partial charge in [-0.1, -0.05) is 17.7 Å². The number of benzene rings is 1. The summed E-state index contributed by atoms with van der Waals surface area (Å²) in [4.78, 5) is 0. The van der Waals surface area contributed by atoms with Crippen LogP contribution in [0.15, 0.2) is 18.2 Å². The third-order valence-electron chi connectivity index (χ3n) is 2.53. The molecule has 2 rings (SSSR count). The number of hydrogen-bond donors (Lipinski definition) is 0. The summed E-state index contributed by atoms with van der Waals surface area (Å²) in [6.45, 7) is 2.92. The van der Waals surface area contributed by atoms with Crippen molar-refractivity contribution in [2.45, 2.75) is 25.6 Å². The Bertz CT molecular complexity index is 318.